The van der Waals surface area contributed by atoms with E-state index in [1.165, 1.54) is 8.92 Å². The molecular weight excluding hydrogens is 330 g/mol. The third-order valence-electron chi connectivity index (χ3n) is 2.13. The minimum atomic E-state index is -1.75. The topological polar surface area (TPSA) is 17.1 Å². The van der Waals surface area contributed by atoms with Crippen molar-refractivity contribution in [1.29, 1.82) is 0 Å². The van der Waals surface area contributed by atoms with Crippen LogP contribution < -0.4 is 13.4 Å². The zero-order chi connectivity index (χ0) is 11.4. The molecule has 0 amide bonds. The standard InChI is InChI=1S/C13H12OSe2/c1-16(14)13-9-7-12(8-10-13)15-11-5-3-2-4-6-11/h2-10H,1H3. The normalized spacial score (nSPS) is 12.3. The third kappa shape index (κ3) is 3.13. The average Bonchev–Trinajstić information content (AvgIpc) is 2.31. The van der Waals surface area contributed by atoms with Crippen molar-refractivity contribution in [2.24, 2.45) is 0 Å². The molecule has 2 aromatic carbocycles. The molecule has 0 aromatic heterocycles. The zero-order valence-corrected chi connectivity index (χ0v) is 12.3. The van der Waals surface area contributed by atoms with Crippen molar-refractivity contribution in [2.45, 2.75) is 5.82 Å². The summed E-state index contributed by atoms with van der Waals surface area (Å²) in [5.74, 6) is 1.80. The van der Waals surface area contributed by atoms with Crippen LogP contribution in [0.15, 0.2) is 54.6 Å². The first-order chi connectivity index (χ1) is 7.75. The maximum atomic E-state index is 11.3. The minimum absolute atomic E-state index is 0.353. The van der Waals surface area contributed by atoms with E-state index in [0.717, 1.165) is 4.46 Å². The summed E-state index contributed by atoms with van der Waals surface area (Å²) in [6.45, 7) is 0. The van der Waals surface area contributed by atoms with E-state index in [9.17, 15) is 3.83 Å². The molecule has 3 heteroatoms. The maximum absolute atomic E-state index is 11.3. The summed E-state index contributed by atoms with van der Waals surface area (Å²) in [7, 11) is 0. The van der Waals surface area contributed by atoms with Crippen LogP contribution in [-0.4, -0.2) is 28.8 Å². The van der Waals surface area contributed by atoms with Gasteiger partial charge in [0.05, 0.1) is 0 Å². The molecule has 1 atom stereocenters. The summed E-state index contributed by atoms with van der Waals surface area (Å²) in [5.41, 5.74) is 0. The van der Waals surface area contributed by atoms with Gasteiger partial charge >= 0.3 is 106 Å². The van der Waals surface area contributed by atoms with Crippen molar-refractivity contribution in [2.75, 3.05) is 0 Å². The van der Waals surface area contributed by atoms with Crippen molar-refractivity contribution in [3.8, 4) is 0 Å². The Morgan fingerprint density at radius 1 is 0.875 bits per heavy atom. The van der Waals surface area contributed by atoms with Gasteiger partial charge in [0.25, 0.3) is 0 Å². The van der Waals surface area contributed by atoms with E-state index < -0.39 is 13.8 Å². The van der Waals surface area contributed by atoms with Gasteiger partial charge in [-0.15, -0.1) is 0 Å². The van der Waals surface area contributed by atoms with Crippen LogP contribution in [0.5, 0.6) is 0 Å². The van der Waals surface area contributed by atoms with Crippen molar-refractivity contribution in [3.63, 3.8) is 0 Å². The Morgan fingerprint density at radius 3 is 2.00 bits per heavy atom. The van der Waals surface area contributed by atoms with Gasteiger partial charge in [-0.05, 0) is 0 Å². The summed E-state index contributed by atoms with van der Waals surface area (Å²) in [6.07, 6.45) is 0. The Kier molecular flexibility index (Phi) is 4.09. The van der Waals surface area contributed by atoms with Crippen molar-refractivity contribution in [3.05, 3.63) is 54.6 Å². The summed E-state index contributed by atoms with van der Waals surface area (Å²) < 4.78 is 15.0. The first-order valence-corrected chi connectivity index (χ1v) is 9.90. The van der Waals surface area contributed by atoms with Gasteiger partial charge in [0.1, 0.15) is 0 Å². The average molecular weight is 342 g/mol. The van der Waals surface area contributed by atoms with Gasteiger partial charge < -0.3 is 0 Å². The summed E-state index contributed by atoms with van der Waals surface area (Å²) in [5, 5.41) is 0. The second-order valence-corrected chi connectivity index (χ2v) is 8.64. The molecule has 0 spiro atoms. The number of benzene rings is 2. The molecule has 0 heterocycles. The molecule has 0 saturated heterocycles. The number of hydrogen-bond acceptors (Lipinski definition) is 1. The van der Waals surface area contributed by atoms with Crippen molar-refractivity contribution < 1.29 is 3.83 Å². The predicted octanol–water partition coefficient (Wildman–Crippen LogP) is 0.600. The van der Waals surface area contributed by atoms with Gasteiger partial charge in [0.15, 0.2) is 0 Å². The summed E-state index contributed by atoms with van der Waals surface area (Å²) in [6, 6.07) is 18.7. The monoisotopic (exact) mass is 344 g/mol. The molecule has 2 rings (SSSR count). The summed E-state index contributed by atoms with van der Waals surface area (Å²) >= 11 is -1.40. The summed E-state index contributed by atoms with van der Waals surface area (Å²) in [4.78, 5) is 0. The van der Waals surface area contributed by atoms with Gasteiger partial charge in [-0.1, -0.05) is 0 Å². The fourth-order valence-electron chi connectivity index (χ4n) is 1.32. The number of rotatable bonds is 3. The van der Waals surface area contributed by atoms with Crippen LogP contribution in [-0.2, 0) is 3.83 Å². The Balaban J connectivity index is 2.14. The van der Waals surface area contributed by atoms with Gasteiger partial charge in [-0.3, -0.25) is 0 Å². The molecule has 1 nitrogen and oxygen atoms in total. The first-order valence-electron chi connectivity index (χ1n) is 4.92. The van der Waals surface area contributed by atoms with Gasteiger partial charge in [-0.25, -0.2) is 0 Å². The molecule has 82 valence electrons. The van der Waals surface area contributed by atoms with Crippen LogP contribution in [0.3, 0.4) is 0 Å². The van der Waals surface area contributed by atoms with E-state index in [0.29, 0.717) is 15.0 Å². The van der Waals surface area contributed by atoms with E-state index in [1.807, 2.05) is 18.2 Å². The SMILES string of the molecule is C[Se](=O)c1ccc([Se]c2ccccc2)cc1. The molecule has 0 saturated carbocycles. The second-order valence-electron chi connectivity index (χ2n) is 3.34. The van der Waals surface area contributed by atoms with Crippen LogP contribution in [0.1, 0.15) is 0 Å². The van der Waals surface area contributed by atoms with Crippen molar-refractivity contribution >= 4 is 42.2 Å². The third-order valence-corrected chi connectivity index (χ3v) is 6.23. The Hall–Kier alpha value is -0.721. The molecule has 0 N–H and O–H groups in total. The number of hydrogen-bond donors (Lipinski definition) is 0. The van der Waals surface area contributed by atoms with E-state index in [4.69, 9.17) is 0 Å². The fraction of sp³-hybridized carbons (Fsp3) is 0.0769. The van der Waals surface area contributed by atoms with Crippen LogP contribution in [0.2, 0.25) is 5.82 Å². The van der Waals surface area contributed by atoms with E-state index >= 15 is 0 Å². The fourth-order valence-corrected chi connectivity index (χ4v) is 4.17. The molecule has 1 unspecified atom stereocenters. The van der Waals surface area contributed by atoms with Crippen molar-refractivity contribution in [1.82, 2.24) is 0 Å². The van der Waals surface area contributed by atoms with Crippen LogP contribution in [0.4, 0.5) is 0 Å². The predicted molar refractivity (Wildman–Crippen MR) is 69.8 cm³/mol. The molecule has 0 aliphatic heterocycles. The zero-order valence-electron chi connectivity index (χ0n) is 8.92. The molecule has 16 heavy (non-hydrogen) atoms. The van der Waals surface area contributed by atoms with Gasteiger partial charge in [-0.2, -0.15) is 0 Å². The van der Waals surface area contributed by atoms with E-state index in [2.05, 4.69) is 36.4 Å². The van der Waals surface area contributed by atoms with E-state index in [1.54, 1.807) is 5.82 Å². The first kappa shape index (κ1) is 11.8. The van der Waals surface area contributed by atoms with Crippen LogP contribution in [0, 0.1) is 0 Å². The van der Waals surface area contributed by atoms with Gasteiger partial charge in [0.2, 0.25) is 0 Å². The molecule has 2 aromatic rings. The molecule has 0 aliphatic carbocycles. The molecule has 0 fully saturated rings. The molecule has 0 radical (unpaired) electrons. The quantitative estimate of drug-likeness (QED) is 0.747. The Morgan fingerprint density at radius 2 is 1.44 bits per heavy atom. The Labute approximate surface area is 106 Å². The molecular formula is C13H12OSe2. The van der Waals surface area contributed by atoms with Gasteiger partial charge in [0, 0.05) is 0 Å². The Bertz CT molecular complexity index is 477. The molecule has 0 bridgehead atoms. The molecule has 0 aliphatic rings. The van der Waals surface area contributed by atoms with Crippen LogP contribution >= 0.6 is 0 Å². The van der Waals surface area contributed by atoms with Crippen LogP contribution in [0.25, 0.3) is 0 Å². The van der Waals surface area contributed by atoms with E-state index in [-0.39, 0.29) is 0 Å². The second kappa shape index (κ2) is 5.56.